The summed E-state index contributed by atoms with van der Waals surface area (Å²) >= 11 is 0. The lowest BCUT2D eigenvalue weighted by atomic mass is 9.79. The Hall–Kier alpha value is -0.570. The van der Waals surface area contributed by atoms with Gasteiger partial charge in [-0.1, -0.05) is 19.3 Å². The summed E-state index contributed by atoms with van der Waals surface area (Å²) in [6.45, 7) is 2.43. The lowest BCUT2D eigenvalue weighted by Crippen LogP contribution is -2.57. The van der Waals surface area contributed by atoms with E-state index in [1.54, 1.807) is 6.92 Å². The molecule has 2 unspecified atom stereocenters. The van der Waals surface area contributed by atoms with Gasteiger partial charge < -0.3 is 10.0 Å². The Labute approximate surface area is 91.5 Å². The molecule has 0 radical (unpaired) electrons. The number of hydrogen-bond donors (Lipinski definition) is 1. The van der Waals surface area contributed by atoms with E-state index in [4.69, 9.17) is 0 Å². The van der Waals surface area contributed by atoms with Gasteiger partial charge in [0, 0.05) is 13.5 Å². The molecular weight excluding hydrogens is 190 g/mol. The van der Waals surface area contributed by atoms with Crippen LogP contribution in [0.25, 0.3) is 0 Å². The lowest BCUT2D eigenvalue weighted by Gasteiger charge is -2.46. The molecule has 0 aromatic heterocycles. The predicted octanol–water partition coefficient (Wildman–Crippen LogP) is 1.55. The number of likely N-dealkylation sites (tertiary alicyclic amines) is 1. The molecule has 1 saturated heterocycles. The van der Waals surface area contributed by atoms with Crippen LogP contribution in [0.1, 0.15) is 45.4 Å². The Bertz CT molecular complexity index is 236. The second-order valence-corrected chi connectivity index (χ2v) is 4.96. The molecule has 2 rings (SSSR count). The van der Waals surface area contributed by atoms with Crippen molar-refractivity contribution in [1.82, 2.24) is 4.90 Å². The first-order valence-corrected chi connectivity index (χ1v) is 6.15. The second-order valence-electron chi connectivity index (χ2n) is 4.96. The van der Waals surface area contributed by atoms with Crippen molar-refractivity contribution in [2.24, 2.45) is 5.92 Å². The van der Waals surface area contributed by atoms with Crippen LogP contribution in [0.4, 0.5) is 0 Å². The maximum absolute atomic E-state index is 11.2. The highest BCUT2D eigenvalue weighted by atomic mass is 16.3. The van der Waals surface area contributed by atoms with Gasteiger partial charge in [0.25, 0.3) is 0 Å². The summed E-state index contributed by atoms with van der Waals surface area (Å²) in [6, 6.07) is 0.116. The van der Waals surface area contributed by atoms with Gasteiger partial charge in [-0.3, -0.25) is 4.79 Å². The van der Waals surface area contributed by atoms with Crippen molar-refractivity contribution >= 4 is 5.91 Å². The zero-order chi connectivity index (χ0) is 10.8. The highest BCUT2D eigenvalue weighted by Crippen LogP contribution is 2.32. The average molecular weight is 211 g/mol. The highest BCUT2D eigenvalue weighted by molar-refractivity contribution is 5.74. The van der Waals surface area contributed by atoms with Crippen molar-refractivity contribution in [2.45, 2.75) is 57.6 Å². The molecule has 86 valence electrons. The van der Waals surface area contributed by atoms with E-state index >= 15 is 0 Å². The highest BCUT2D eigenvalue weighted by Gasteiger charge is 2.39. The summed E-state index contributed by atoms with van der Waals surface area (Å²) in [5, 5.41) is 10.2. The normalized spacial score (nSPS) is 29.7. The Morgan fingerprint density at radius 1 is 1.27 bits per heavy atom. The number of carbonyl (C=O) groups is 1. The van der Waals surface area contributed by atoms with Crippen molar-refractivity contribution < 1.29 is 9.90 Å². The summed E-state index contributed by atoms with van der Waals surface area (Å²) in [4.78, 5) is 13.1. The summed E-state index contributed by atoms with van der Waals surface area (Å²) in [7, 11) is 0. The molecule has 3 nitrogen and oxygen atoms in total. The van der Waals surface area contributed by atoms with Crippen LogP contribution >= 0.6 is 0 Å². The molecule has 0 spiro atoms. The van der Waals surface area contributed by atoms with Crippen molar-refractivity contribution in [3.05, 3.63) is 0 Å². The van der Waals surface area contributed by atoms with Crippen LogP contribution < -0.4 is 0 Å². The number of aliphatic hydroxyl groups excluding tert-OH is 1. The van der Waals surface area contributed by atoms with Crippen LogP contribution in [0.5, 0.6) is 0 Å². The van der Waals surface area contributed by atoms with E-state index in [2.05, 4.69) is 0 Å². The SMILES string of the molecule is CC(=O)N1CCC1C(O)C1CCCCC1. The van der Waals surface area contributed by atoms with E-state index in [-0.39, 0.29) is 18.1 Å². The van der Waals surface area contributed by atoms with Gasteiger partial charge in [-0.05, 0) is 25.2 Å². The number of aliphatic hydroxyl groups is 1. The molecule has 2 aliphatic rings. The minimum Gasteiger partial charge on any atom is -0.391 e. The molecule has 1 N–H and O–H groups in total. The smallest absolute Gasteiger partial charge is 0.219 e. The zero-order valence-corrected chi connectivity index (χ0v) is 9.48. The Morgan fingerprint density at radius 2 is 1.93 bits per heavy atom. The first-order valence-electron chi connectivity index (χ1n) is 6.15. The maximum atomic E-state index is 11.2. The van der Waals surface area contributed by atoms with Crippen LogP contribution in [0.2, 0.25) is 0 Å². The molecular formula is C12H21NO2. The number of rotatable bonds is 2. The number of nitrogens with zero attached hydrogens (tertiary/aromatic N) is 1. The summed E-state index contributed by atoms with van der Waals surface area (Å²) in [6.07, 6.45) is 6.79. The fraction of sp³-hybridized carbons (Fsp3) is 0.917. The molecule has 1 heterocycles. The first kappa shape index (κ1) is 10.9. The Morgan fingerprint density at radius 3 is 2.40 bits per heavy atom. The largest absolute Gasteiger partial charge is 0.391 e. The van der Waals surface area contributed by atoms with Gasteiger partial charge in [-0.2, -0.15) is 0 Å². The van der Waals surface area contributed by atoms with Crippen LogP contribution in [0.3, 0.4) is 0 Å². The van der Waals surface area contributed by atoms with E-state index in [0.717, 1.165) is 25.8 Å². The molecule has 2 fully saturated rings. The molecule has 0 bridgehead atoms. The molecule has 15 heavy (non-hydrogen) atoms. The standard InChI is InChI=1S/C12H21NO2/c1-9(14)13-8-7-11(13)12(15)10-5-3-2-4-6-10/h10-12,15H,2-8H2,1H3. The van der Waals surface area contributed by atoms with Crippen LogP contribution in [-0.2, 0) is 4.79 Å². The summed E-state index contributed by atoms with van der Waals surface area (Å²) in [5.74, 6) is 0.548. The van der Waals surface area contributed by atoms with Crippen molar-refractivity contribution in [3.63, 3.8) is 0 Å². The third kappa shape index (κ3) is 2.17. The first-order chi connectivity index (χ1) is 7.20. The fourth-order valence-corrected chi connectivity index (χ4v) is 2.94. The van der Waals surface area contributed by atoms with Crippen molar-refractivity contribution in [2.75, 3.05) is 6.54 Å². The third-order valence-electron chi connectivity index (χ3n) is 4.00. The number of carbonyl (C=O) groups excluding carboxylic acids is 1. The van der Waals surface area contributed by atoms with E-state index < -0.39 is 0 Å². The molecule has 2 atom stereocenters. The zero-order valence-electron chi connectivity index (χ0n) is 9.48. The minimum atomic E-state index is -0.275. The molecule has 1 saturated carbocycles. The number of amides is 1. The van der Waals surface area contributed by atoms with Gasteiger partial charge in [0.05, 0.1) is 12.1 Å². The van der Waals surface area contributed by atoms with Crippen molar-refractivity contribution in [1.29, 1.82) is 0 Å². The topological polar surface area (TPSA) is 40.5 Å². The minimum absolute atomic E-state index is 0.112. The van der Waals surface area contributed by atoms with Crippen LogP contribution in [0, 0.1) is 5.92 Å². The molecule has 0 aromatic carbocycles. The van der Waals surface area contributed by atoms with E-state index in [0.29, 0.717) is 5.92 Å². The Kier molecular flexibility index (Phi) is 3.29. The molecule has 0 aromatic rings. The maximum Gasteiger partial charge on any atom is 0.219 e. The van der Waals surface area contributed by atoms with E-state index in [9.17, 15) is 9.90 Å². The van der Waals surface area contributed by atoms with Gasteiger partial charge in [0.15, 0.2) is 0 Å². The van der Waals surface area contributed by atoms with E-state index in [1.807, 2.05) is 4.90 Å². The molecule has 1 aliphatic heterocycles. The lowest BCUT2D eigenvalue weighted by molar-refractivity contribution is -0.143. The molecule has 1 aliphatic carbocycles. The van der Waals surface area contributed by atoms with Gasteiger partial charge in [-0.15, -0.1) is 0 Å². The quantitative estimate of drug-likeness (QED) is 0.753. The van der Waals surface area contributed by atoms with Crippen LogP contribution in [0.15, 0.2) is 0 Å². The average Bonchev–Trinajstić information content (AvgIpc) is 2.16. The molecule has 1 amide bonds. The Balaban J connectivity index is 1.89. The van der Waals surface area contributed by atoms with Gasteiger partial charge in [0.2, 0.25) is 5.91 Å². The van der Waals surface area contributed by atoms with Gasteiger partial charge >= 0.3 is 0 Å². The predicted molar refractivity (Wildman–Crippen MR) is 58.4 cm³/mol. The monoisotopic (exact) mass is 211 g/mol. The van der Waals surface area contributed by atoms with Gasteiger partial charge in [0.1, 0.15) is 0 Å². The number of hydrogen-bond acceptors (Lipinski definition) is 2. The second kappa shape index (κ2) is 4.52. The summed E-state index contributed by atoms with van der Waals surface area (Å²) in [5.41, 5.74) is 0. The van der Waals surface area contributed by atoms with Gasteiger partial charge in [-0.25, -0.2) is 0 Å². The van der Waals surface area contributed by atoms with Crippen LogP contribution in [-0.4, -0.2) is 34.6 Å². The van der Waals surface area contributed by atoms with Crippen molar-refractivity contribution in [3.8, 4) is 0 Å². The fourth-order valence-electron chi connectivity index (χ4n) is 2.94. The molecule has 3 heteroatoms. The third-order valence-corrected chi connectivity index (χ3v) is 4.00. The summed E-state index contributed by atoms with van der Waals surface area (Å²) < 4.78 is 0. The van der Waals surface area contributed by atoms with E-state index in [1.165, 1.54) is 19.3 Å².